The van der Waals surface area contributed by atoms with Gasteiger partial charge in [-0.25, -0.2) is 0 Å². The van der Waals surface area contributed by atoms with Crippen LogP contribution in [-0.2, 0) is 6.42 Å². The number of benzene rings is 1. The molecule has 1 aromatic rings. The molecule has 12 heavy (non-hydrogen) atoms. The summed E-state index contributed by atoms with van der Waals surface area (Å²) in [6.45, 7) is 0.856. The van der Waals surface area contributed by atoms with E-state index in [1.54, 1.807) is 0 Å². The highest BCUT2D eigenvalue weighted by atomic mass is 35.5. The Morgan fingerprint density at radius 2 is 2.17 bits per heavy atom. The molecule has 1 aromatic carbocycles. The number of ether oxygens (including phenoxy) is 1. The number of hydrogen-bond acceptors (Lipinski definition) is 1. The average molecular weight is 186 g/mol. The molecule has 0 fully saturated rings. The van der Waals surface area contributed by atoms with Gasteiger partial charge < -0.3 is 22.9 Å². The van der Waals surface area contributed by atoms with E-state index in [0.717, 1.165) is 18.7 Å². The first kappa shape index (κ1) is 9.36. The summed E-state index contributed by atoms with van der Waals surface area (Å²) in [6.07, 6.45) is 1.34. The van der Waals surface area contributed by atoms with Gasteiger partial charge in [-0.3, -0.25) is 0 Å². The minimum absolute atomic E-state index is 0. The largest absolute Gasteiger partial charge is 1.00 e. The maximum atomic E-state index is 5.59. The number of fused-ring (bicyclic) bond motifs is 1. The van der Waals surface area contributed by atoms with Gasteiger partial charge in [0.15, 0.2) is 6.10 Å². The number of hydrogen-bond donors (Lipinski definition) is 1. The first-order chi connectivity index (χ1) is 5.40. The second kappa shape index (κ2) is 3.78. The molecule has 0 spiro atoms. The van der Waals surface area contributed by atoms with E-state index in [0.29, 0.717) is 6.10 Å². The number of rotatable bonds is 1. The highest BCUT2D eigenvalue weighted by molar-refractivity contribution is 5.37. The highest BCUT2D eigenvalue weighted by Crippen LogP contribution is 2.27. The van der Waals surface area contributed by atoms with Crippen LogP contribution in [0.25, 0.3) is 0 Å². The third-order valence-electron chi connectivity index (χ3n) is 2.04. The van der Waals surface area contributed by atoms with Crippen LogP contribution in [-0.4, -0.2) is 12.6 Å². The fourth-order valence-electron chi connectivity index (χ4n) is 1.41. The van der Waals surface area contributed by atoms with Crippen molar-refractivity contribution in [3.8, 4) is 5.75 Å². The van der Waals surface area contributed by atoms with Gasteiger partial charge >= 0.3 is 0 Å². The summed E-state index contributed by atoms with van der Waals surface area (Å²) in [7, 11) is 0. The molecule has 3 N–H and O–H groups in total. The van der Waals surface area contributed by atoms with Crippen molar-refractivity contribution in [2.45, 2.75) is 12.5 Å². The van der Waals surface area contributed by atoms with Crippen LogP contribution in [0.2, 0.25) is 0 Å². The molecule has 0 saturated carbocycles. The summed E-state index contributed by atoms with van der Waals surface area (Å²) in [5.41, 5.74) is 5.15. The Morgan fingerprint density at radius 3 is 2.83 bits per heavy atom. The second-order valence-corrected chi connectivity index (χ2v) is 2.84. The summed E-state index contributed by atoms with van der Waals surface area (Å²) >= 11 is 0. The van der Waals surface area contributed by atoms with E-state index in [1.807, 2.05) is 18.2 Å². The van der Waals surface area contributed by atoms with E-state index in [-0.39, 0.29) is 12.4 Å². The molecular weight excluding hydrogens is 174 g/mol. The molecule has 1 heterocycles. The molecule has 1 unspecified atom stereocenters. The average Bonchev–Trinajstić information content (AvgIpc) is 2.46. The minimum Gasteiger partial charge on any atom is -1.00 e. The van der Waals surface area contributed by atoms with E-state index in [4.69, 9.17) is 4.74 Å². The van der Waals surface area contributed by atoms with Crippen molar-refractivity contribution in [3.05, 3.63) is 29.8 Å². The van der Waals surface area contributed by atoms with E-state index < -0.39 is 0 Å². The number of halogens is 1. The van der Waals surface area contributed by atoms with E-state index in [2.05, 4.69) is 11.8 Å². The molecule has 0 aliphatic carbocycles. The van der Waals surface area contributed by atoms with Gasteiger partial charge in [0, 0.05) is 6.42 Å². The van der Waals surface area contributed by atoms with Gasteiger partial charge in [0.1, 0.15) is 12.3 Å². The molecule has 66 valence electrons. The van der Waals surface area contributed by atoms with Gasteiger partial charge in [0.2, 0.25) is 0 Å². The molecule has 1 aliphatic heterocycles. The van der Waals surface area contributed by atoms with Crippen molar-refractivity contribution in [3.63, 3.8) is 0 Å². The maximum absolute atomic E-state index is 5.59. The summed E-state index contributed by atoms with van der Waals surface area (Å²) < 4.78 is 5.59. The van der Waals surface area contributed by atoms with Crippen LogP contribution in [0.4, 0.5) is 0 Å². The third kappa shape index (κ3) is 1.54. The molecule has 1 aliphatic rings. The lowest BCUT2D eigenvalue weighted by Crippen LogP contribution is -3.00. The third-order valence-corrected chi connectivity index (χ3v) is 2.04. The summed E-state index contributed by atoms with van der Waals surface area (Å²) in [5.74, 6) is 1.04. The van der Waals surface area contributed by atoms with Crippen molar-refractivity contribution >= 4 is 0 Å². The van der Waals surface area contributed by atoms with Gasteiger partial charge in [0.05, 0.1) is 0 Å². The Balaban J connectivity index is 0.000000720. The fourth-order valence-corrected chi connectivity index (χ4v) is 1.41. The zero-order valence-corrected chi connectivity index (χ0v) is 7.55. The van der Waals surface area contributed by atoms with Gasteiger partial charge in [-0.1, -0.05) is 18.2 Å². The van der Waals surface area contributed by atoms with Gasteiger partial charge in [-0.15, -0.1) is 0 Å². The van der Waals surface area contributed by atoms with Crippen molar-refractivity contribution in [1.82, 2.24) is 0 Å². The minimum atomic E-state index is 0. The normalized spacial score (nSPS) is 19.2. The van der Waals surface area contributed by atoms with Crippen LogP contribution in [0.5, 0.6) is 5.75 Å². The molecule has 0 amide bonds. The van der Waals surface area contributed by atoms with Crippen LogP contribution in [0, 0.1) is 0 Å². The number of quaternary nitrogens is 1. The molecule has 2 rings (SSSR count). The first-order valence-electron chi connectivity index (χ1n) is 3.94. The maximum Gasteiger partial charge on any atom is 0.151 e. The van der Waals surface area contributed by atoms with E-state index in [9.17, 15) is 0 Å². The molecule has 1 atom stereocenters. The van der Waals surface area contributed by atoms with Crippen molar-refractivity contribution in [2.75, 3.05) is 6.54 Å². The molecule has 2 nitrogen and oxygen atoms in total. The van der Waals surface area contributed by atoms with Crippen molar-refractivity contribution < 1.29 is 22.9 Å². The summed E-state index contributed by atoms with van der Waals surface area (Å²) in [4.78, 5) is 0. The predicted molar refractivity (Wildman–Crippen MR) is 42.3 cm³/mol. The topological polar surface area (TPSA) is 36.9 Å². The Morgan fingerprint density at radius 1 is 1.42 bits per heavy atom. The lowest BCUT2D eigenvalue weighted by atomic mass is 10.1. The van der Waals surface area contributed by atoms with Crippen LogP contribution in [0.1, 0.15) is 5.56 Å². The standard InChI is InChI=1S/C9H11NO.ClH/c10-6-8-5-7-3-1-2-4-9(7)11-8;/h1-4,8H,5-6,10H2;1H. The molecular formula is C9H12ClNO. The fraction of sp³-hybridized carbons (Fsp3) is 0.333. The molecule has 0 bridgehead atoms. The molecule has 0 saturated heterocycles. The Kier molecular flexibility index (Phi) is 2.95. The Bertz CT molecular complexity index is 239. The van der Waals surface area contributed by atoms with E-state index >= 15 is 0 Å². The van der Waals surface area contributed by atoms with Crippen LogP contribution < -0.4 is 22.9 Å². The Hall–Kier alpha value is -0.730. The van der Waals surface area contributed by atoms with Gasteiger partial charge in [-0.05, 0) is 11.6 Å². The highest BCUT2D eigenvalue weighted by Gasteiger charge is 2.21. The number of para-hydroxylation sites is 1. The van der Waals surface area contributed by atoms with Crippen molar-refractivity contribution in [1.29, 1.82) is 0 Å². The molecule has 0 radical (unpaired) electrons. The van der Waals surface area contributed by atoms with Crippen LogP contribution >= 0.6 is 0 Å². The first-order valence-corrected chi connectivity index (χ1v) is 3.94. The smallest absolute Gasteiger partial charge is 0.151 e. The second-order valence-electron chi connectivity index (χ2n) is 2.84. The zero-order valence-electron chi connectivity index (χ0n) is 6.79. The Labute approximate surface area is 78.1 Å². The van der Waals surface area contributed by atoms with Crippen LogP contribution in [0.3, 0.4) is 0 Å². The molecule has 3 heteroatoms. The van der Waals surface area contributed by atoms with Crippen molar-refractivity contribution in [2.24, 2.45) is 0 Å². The lowest BCUT2D eigenvalue weighted by Gasteiger charge is -2.03. The zero-order chi connectivity index (χ0) is 7.68. The SMILES string of the molecule is [Cl-].[NH3+]CC1Cc2ccccc2O1. The van der Waals surface area contributed by atoms with E-state index in [1.165, 1.54) is 5.56 Å². The predicted octanol–water partition coefficient (Wildman–Crippen LogP) is -2.76. The quantitative estimate of drug-likeness (QED) is 0.506. The van der Waals surface area contributed by atoms with Gasteiger partial charge in [-0.2, -0.15) is 0 Å². The summed E-state index contributed by atoms with van der Waals surface area (Å²) in [5, 5.41) is 0. The van der Waals surface area contributed by atoms with Crippen LogP contribution in [0.15, 0.2) is 24.3 Å². The lowest BCUT2D eigenvalue weighted by molar-refractivity contribution is -0.380. The summed E-state index contributed by atoms with van der Waals surface area (Å²) in [6, 6.07) is 8.19. The molecule has 0 aromatic heterocycles. The monoisotopic (exact) mass is 185 g/mol. The van der Waals surface area contributed by atoms with Gasteiger partial charge in [0.25, 0.3) is 0 Å².